The van der Waals surface area contributed by atoms with Crippen LogP contribution < -0.4 is 5.73 Å². The molecule has 0 spiro atoms. The monoisotopic (exact) mass is 322 g/mol. The number of benzene rings is 1. The minimum atomic E-state index is 0.0722. The number of hydrogen-bond donors (Lipinski definition) is 1. The first-order chi connectivity index (χ1) is 10.1. The number of rotatable bonds is 2. The number of nitrogens with zero attached hydrogens (tertiary/aromatic N) is 1. The first kappa shape index (κ1) is 14.7. The van der Waals surface area contributed by atoms with Gasteiger partial charge in [-0.05, 0) is 37.0 Å². The SMILES string of the molecule is CCC1CCCN(C(=O)c2sc3cc(Cl)ccc3c2N)C1. The van der Waals surface area contributed by atoms with E-state index in [4.69, 9.17) is 17.3 Å². The molecule has 112 valence electrons. The number of carbonyl (C=O) groups excluding carboxylic acids is 1. The zero-order valence-electron chi connectivity index (χ0n) is 12.1. The quantitative estimate of drug-likeness (QED) is 0.890. The highest BCUT2D eigenvalue weighted by molar-refractivity contribution is 7.21. The predicted molar refractivity (Wildman–Crippen MR) is 90.2 cm³/mol. The molecule has 1 aromatic heterocycles. The van der Waals surface area contributed by atoms with E-state index in [9.17, 15) is 4.79 Å². The fourth-order valence-corrected chi connectivity index (χ4v) is 4.34. The van der Waals surface area contributed by atoms with E-state index in [1.807, 2.05) is 23.1 Å². The highest BCUT2D eigenvalue weighted by Crippen LogP contribution is 2.36. The summed E-state index contributed by atoms with van der Waals surface area (Å²) < 4.78 is 0.979. The summed E-state index contributed by atoms with van der Waals surface area (Å²) in [6.07, 6.45) is 3.43. The molecule has 2 N–H and O–H groups in total. The number of thiophene rings is 1. The maximum absolute atomic E-state index is 12.8. The lowest BCUT2D eigenvalue weighted by molar-refractivity contribution is 0.0677. The number of halogens is 1. The zero-order chi connectivity index (χ0) is 15.0. The van der Waals surface area contributed by atoms with Crippen LogP contribution in [0, 0.1) is 5.92 Å². The summed E-state index contributed by atoms with van der Waals surface area (Å²) in [5.74, 6) is 0.690. The number of fused-ring (bicyclic) bond motifs is 1. The maximum atomic E-state index is 12.8. The molecule has 5 heteroatoms. The van der Waals surface area contributed by atoms with Crippen molar-refractivity contribution in [1.29, 1.82) is 0 Å². The highest BCUT2D eigenvalue weighted by Gasteiger charge is 2.26. The smallest absolute Gasteiger partial charge is 0.266 e. The van der Waals surface area contributed by atoms with Crippen molar-refractivity contribution in [3.8, 4) is 0 Å². The van der Waals surface area contributed by atoms with Gasteiger partial charge < -0.3 is 10.6 Å². The van der Waals surface area contributed by atoms with Crippen LogP contribution in [0.3, 0.4) is 0 Å². The standard InChI is InChI=1S/C16H19ClN2OS/c1-2-10-4-3-7-19(9-10)16(20)15-14(18)12-6-5-11(17)8-13(12)21-15/h5-6,8,10H,2-4,7,9,18H2,1H3. The van der Waals surface area contributed by atoms with E-state index in [1.165, 1.54) is 17.8 Å². The molecule has 21 heavy (non-hydrogen) atoms. The second-order valence-electron chi connectivity index (χ2n) is 5.65. The van der Waals surface area contributed by atoms with E-state index in [0.717, 1.165) is 36.0 Å². The minimum absolute atomic E-state index is 0.0722. The van der Waals surface area contributed by atoms with E-state index >= 15 is 0 Å². The first-order valence-corrected chi connectivity index (χ1v) is 8.56. The molecule has 1 atom stereocenters. The van der Waals surface area contributed by atoms with Gasteiger partial charge in [0.2, 0.25) is 0 Å². The molecule has 0 aliphatic carbocycles. The Labute approximate surface area is 133 Å². The van der Waals surface area contributed by atoms with Crippen molar-refractivity contribution in [2.75, 3.05) is 18.8 Å². The molecule has 1 aliphatic rings. The van der Waals surface area contributed by atoms with Gasteiger partial charge in [-0.25, -0.2) is 0 Å². The highest BCUT2D eigenvalue weighted by atomic mass is 35.5. The second kappa shape index (κ2) is 5.85. The van der Waals surface area contributed by atoms with Gasteiger partial charge in [-0.2, -0.15) is 0 Å². The number of piperidine rings is 1. The molecule has 0 saturated carbocycles. The van der Waals surface area contributed by atoms with Gasteiger partial charge in [0.05, 0.1) is 5.69 Å². The summed E-state index contributed by atoms with van der Waals surface area (Å²) in [4.78, 5) is 15.4. The van der Waals surface area contributed by atoms with Gasteiger partial charge in [0.25, 0.3) is 5.91 Å². The lowest BCUT2D eigenvalue weighted by Gasteiger charge is -2.32. The third kappa shape index (κ3) is 2.74. The lowest BCUT2D eigenvalue weighted by Crippen LogP contribution is -2.39. The van der Waals surface area contributed by atoms with Crippen LogP contribution in [0.25, 0.3) is 10.1 Å². The average Bonchev–Trinajstić information content (AvgIpc) is 2.83. The summed E-state index contributed by atoms with van der Waals surface area (Å²) in [5, 5.41) is 1.60. The second-order valence-corrected chi connectivity index (χ2v) is 7.14. The van der Waals surface area contributed by atoms with Crippen molar-refractivity contribution in [1.82, 2.24) is 4.90 Å². The Morgan fingerprint density at radius 3 is 3.10 bits per heavy atom. The minimum Gasteiger partial charge on any atom is -0.397 e. The fraction of sp³-hybridized carbons (Fsp3) is 0.438. The van der Waals surface area contributed by atoms with Gasteiger partial charge in [0, 0.05) is 28.2 Å². The average molecular weight is 323 g/mol. The van der Waals surface area contributed by atoms with Gasteiger partial charge in [0.1, 0.15) is 4.88 Å². The van der Waals surface area contributed by atoms with Crippen molar-refractivity contribution >= 4 is 44.6 Å². The summed E-state index contributed by atoms with van der Waals surface area (Å²) in [6, 6.07) is 5.58. The van der Waals surface area contributed by atoms with Gasteiger partial charge in [-0.1, -0.05) is 24.9 Å². The topological polar surface area (TPSA) is 46.3 Å². The molecule has 3 rings (SSSR count). The largest absolute Gasteiger partial charge is 0.397 e. The van der Waals surface area contributed by atoms with Crippen LogP contribution in [0.15, 0.2) is 18.2 Å². The summed E-state index contributed by atoms with van der Waals surface area (Å²) in [7, 11) is 0. The fourth-order valence-electron chi connectivity index (χ4n) is 2.98. The molecular weight excluding hydrogens is 304 g/mol. The molecule has 0 radical (unpaired) electrons. The van der Waals surface area contributed by atoms with Crippen LogP contribution in [-0.2, 0) is 0 Å². The molecule has 2 aromatic rings. The van der Waals surface area contributed by atoms with Crippen molar-refractivity contribution in [2.45, 2.75) is 26.2 Å². The zero-order valence-corrected chi connectivity index (χ0v) is 13.6. The number of nitrogen functional groups attached to an aromatic ring is 1. The van der Waals surface area contributed by atoms with Gasteiger partial charge in [-0.15, -0.1) is 11.3 Å². The number of amides is 1. The number of likely N-dealkylation sites (tertiary alicyclic amines) is 1. The van der Waals surface area contributed by atoms with Crippen LogP contribution in [0.2, 0.25) is 5.02 Å². The van der Waals surface area contributed by atoms with Gasteiger partial charge in [0.15, 0.2) is 0 Å². The Balaban J connectivity index is 1.92. The van der Waals surface area contributed by atoms with E-state index in [0.29, 0.717) is 21.5 Å². The first-order valence-electron chi connectivity index (χ1n) is 7.37. The predicted octanol–water partition coefficient (Wildman–Crippen LogP) is 4.40. The molecule has 3 nitrogen and oxygen atoms in total. The molecule has 2 heterocycles. The molecule has 1 unspecified atom stereocenters. The number of anilines is 1. The van der Waals surface area contributed by atoms with E-state index in [-0.39, 0.29) is 5.91 Å². The Hall–Kier alpha value is -1.26. The van der Waals surface area contributed by atoms with E-state index in [1.54, 1.807) is 0 Å². The molecule has 1 saturated heterocycles. The van der Waals surface area contributed by atoms with Crippen LogP contribution >= 0.6 is 22.9 Å². The van der Waals surface area contributed by atoms with Gasteiger partial charge >= 0.3 is 0 Å². The summed E-state index contributed by atoms with van der Waals surface area (Å²) >= 11 is 7.46. The third-order valence-corrected chi connectivity index (χ3v) is 5.66. The molecule has 1 aliphatic heterocycles. The Kier molecular flexibility index (Phi) is 4.09. The summed E-state index contributed by atoms with van der Waals surface area (Å²) in [6.45, 7) is 3.88. The van der Waals surface area contributed by atoms with Crippen molar-refractivity contribution in [2.24, 2.45) is 5.92 Å². The molecule has 0 bridgehead atoms. The van der Waals surface area contributed by atoms with Gasteiger partial charge in [-0.3, -0.25) is 4.79 Å². The van der Waals surface area contributed by atoms with Crippen LogP contribution in [0.1, 0.15) is 35.9 Å². The molecule has 1 fully saturated rings. The molecular formula is C16H19ClN2OS. The van der Waals surface area contributed by atoms with E-state index in [2.05, 4.69) is 6.92 Å². The van der Waals surface area contributed by atoms with Crippen molar-refractivity contribution < 1.29 is 4.79 Å². The normalized spacial score (nSPS) is 19.1. The number of hydrogen-bond acceptors (Lipinski definition) is 3. The number of carbonyl (C=O) groups is 1. The third-order valence-electron chi connectivity index (χ3n) is 4.27. The van der Waals surface area contributed by atoms with Crippen LogP contribution in [0.4, 0.5) is 5.69 Å². The number of nitrogens with two attached hydrogens (primary N) is 1. The van der Waals surface area contributed by atoms with Crippen molar-refractivity contribution in [3.05, 3.63) is 28.1 Å². The Bertz CT molecular complexity index is 682. The van der Waals surface area contributed by atoms with Crippen molar-refractivity contribution in [3.63, 3.8) is 0 Å². The maximum Gasteiger partial charge on any atom is 0.266 e. The summed E-state index contributed by atoms with van der Waals surface area (Å²) in [5.41, 5.74) is 6.78. The van der Waals surface area contributed by atoms with Crippen LogP contribution in [-0.4, -0.2) is 23.9 Å². The Morgan fingerprint density at radius 1 is 1.52 bits per heavy atom. The molecule has 1 amide bonds. The molecule has 1 aromatic carbocycles. The Morgan fingerprint density at radius 2 is 2.33 bits per heavy atom. The van der Waals surface area contributed by atoms with E-state index < -0.39 is 0 Å². The van der Waals surface area contributed by atoms with Crippen LogP contribution in [0.5, 0.6) is 0 Å². The lowest BCUT2D eigenvalue weighted by atomic mass is 9.95.